The van der Waals surface area contributed by atoms with Crippen molar-refractivity contribution in [2.24, 2.45) is 0 Å². The molecule has 4 heteroatoms. The Labute approximate surface area is 151 Å². The first-order chi connectivity index (χ1) is 11.7. The van der Waals surface area contributed by atoms with Crippen molar-refractivity contribution in [2.45, 2.75) is 38.9 Å². The summed E-state index contributed by atoms with van der Waals surface area (Å²) in [6.45, 7) is 11.3. The molecule has 1 heterocycles. The number of nitrogens with one attached hydrogen (secondary N) is 1. The summed E-state index contributed by atoms with van der Waals surface area (Å²) < 4.78 is 6.33. The molecule has 0 atom stereocenters. The highest BCUT2D eigenvalue weighted by Gasteiger charge is 2.38. The third kappa shape index (κ3) is 4.02. The Kier molecular flexibility index (Phi) is 4.56. The second kappa shape index (κ2) is 6.52. The summed E-state index contributed by atoms with van der Waals surface area (Å²) in [5.41, 5.74) is 3.11. The first-order valence-corrected chi connectivity index (χ1v) is 11.6. The fourth-order valence-corrected chi connectivity index (χ4v) is 3.41. The summed E-state index contributed by atoms with van der Waals surface area (Å²) >= 11 is 0. The van der Waals surface area contributed by atoms with Crippen LogP contribution in [0.3, 0.4) is 0 Å². The molecule has 25 heavy (non-hydrogen) atoms. The van der Waals surface area contributed by atoms with Crippen molar-refractivity contribution in [1.82, 2.24) is 4.98 Å². The number of nitrogens with zero attached hydrogens (tertiary/aromatic N) is 1. The normalized spacial score (nSPS) is 12.2. The molecule has 0 aliphatic rings. The summed E-state index contributed by atoms with van der Waals surface area (Å²) in [4.78, 5) is 4.35. The highest BCUT2D eigenvalue weighted by atomic mass is 28.4. The van der Waals surface area contributed by atoms with Crippen molar-refractivity contribution < 1.29 is 4.43 Å². The van der Waals surface area contributed by atoms with Gasteiger partial charge in [-0.1, -0.05) is 26.8 Å². The number of hydrogen-bond donors (Lipinski definition) is 1. The third-order valence-corrected chi connectivity index (χ3v) is 9.28. The Hall–Kier alpha value is -2.33. The van der Waals surface area contributed by atoms with E-state index in [1.54, 1.807) is 0 Å². The molecular weight excluding hydrogens is 324 g/mol. The van der Waals surface area contributed by atoms with Gasteiger partial charge in [-0.15, -0.1) is 0 Å². The highest BCUT2D eigenvalue weighted by molar-refractivity contribution is 6.74. The Morgan fingerprint density at radius 1 is 0.920 bits per heavy atom. The molecule has 3 aromatic rings. The van der Waals surface area contributed by atoms with Gasteiger partial charge in [0, 0.05) is 23.0 Å². The van der Waals surface area contributed by atoms with Crippen molar-refractivity contribution in [3.05, 3.63) is 60.8 Å². The first kappa shape index (κ1) is 17.5. The van der Waals surface area contributed by atoms with Crippen LogP contribution in [0.1, 0.15) is 20.8 Å². The van der Waals surface area contributed by atoms with Gasteiger partial charge in [-0.2, -0.15) is 0 Å². The van der Waals surface area contributed by atoms with E-state index in [0.29, 0.717) is 0 Å². The topological polar surface area (TPSA) is 34.1 Å². The molecule has 0 radical (unpaired) electrons. The van der Waals surface area contributed by atoms with E-state index in [1.807, 2.05) is 30.5 Å². The van der Waals surface area contributed by atoms with E-state index in [2.05, 4.69) is 74.5 Å². The van der Waals surface area contributed by atoms with Gasteiger partial charge in [-0.05, 0) is 66.7 Å². The van der Waals surface area contributed by atoms with E-state index in [1.165, 1.54) is 0 Å². The highest BCUT2D eigenvalue weighted by Crippen LogP contribution is 2.37. The molecule has 0 fully saturated rings. The predicted octanol–water partition coefficient (Wildman–Crippen LogP) is 6.36. The van der Waals surface area contributed by atoms with E-state index >= 15 is 0 Å². The van der Waals surface area contributed by atoms with Crippen molar-refractivity contribution >= 4 is 30.6 Å². The molecule has 0 unspecified atom stereocenters. The minimum absolute atomic E-state index is 0.197. The summed E-state index contributed by atoms with van der Waals surface area (Å²) in [7, 11) is -1.80. The lowest BCUT2D eigenvalue weighted by atomic mass is 10.2. The van der Waals surface area contributed by atoms with E-state index in [-0.39, 0.29) is 5.04 Å². The van der Waals surface area contributed by atoms with Crippen LogP contribution in [0.4, 0.5) is 11.4 Å². The van der Waals surface area contributed by atoms with Crippen LogP contribution in [-0.4, -0.2) is 13.3 Å². The molecule has 0 saturated carbocycles. The van der Waals surface area contributed by atoms with Crippen molar-refractivity contribution in [3.63, 3.8) is 0 Å². The summed E-state index contributed by atoms with van der Waals surface area (Å²) in [6, 6.07) is 18.5. The molecule has 2 aromatic carbocycles. The zero-order valence-corrected chi connectivity index (χ0v) is 16.6. The van der Waals surface area contributed by atoms with Gasteiger partial charge in [-0.25, -0.2) is 0 Å². The van der Waals surface area contributed by atoms with Crippen LogP contribution in [0, 0.1) is 0 Å². The number of fused-ring (bicyclic) bond motifs is 1. The Bertz CT molecular complexity index is 867. The second-order valence-electron chi connectivity index (χ2n) is 7.92. The number of benzene rings is 2. The van der Waals surface area contributed by atoms with E-state index < -0.39 is 8.32 Å². The molecule has 1 aromatic heterocycles. The van der Waals surface area contributed by atoms with E-state index in [9.17, 15) is 0 Å². The van der Waals surface area contributed by atoms with Gasteiger partial charge in [0.1, 0.15) is 5.75 Å². The number of rotatable bonds is 4. The lowest BCUT2D eigenvalue weighted by molar-refractivity contribution is 0.492. The van der Waals surface area contributed by atoms with Gasteiger partial charge >= 0.3 is 0 Å². The molecule has 3 rings (SSSR count). The largest absolute Gasteiger partial charge is 0.544 e. The van der Waals surface area contributed by atoms with E-state index in [0.717, 1.165) is 28.0 Å². The number of anilines is 2. The van der Waals surface area contributed by atoms with Crippen molar-refractivity contribution in [3.8, 4) is 5.75 Å². The maximum atomic E-state index is 6.33. The van der Waals surface area contributed by atoms with Gasteiger partial charge in [-0.3, -0.25) is 4.98 Å². The molecule has 0 aliphatic heterocycles. The van der Waals surface area contributed by atoms with Crippen LogP contribution in [0.15, 0.2) is 60.8 Å². The van der Waals surface area contributed by atoms with Gasteiger partial charge in [0.05, 0.1) is 5.52 Å². The number of pyridine rings is 1. The van der Waals surface area contributed by atoms with E-state index in [4.69, 9.17) is 4.43 Å². The molecule has 130 valence electrons. The average molecular weight is 351 g/mol. The van der Waals surface area contributed by atoms with Crippen LogP contribution in [0.5, 0.6) is 5.75 Å². The minimum atomic E-state index is -1.80. The average Bonchev–Trinajstić information content (AvgIpc) is 2.55. The Balaban J connectivity index is 1.74. The van der Waals surface area contributed by atoms with Crippen LogP contribution in [0.2, 0.25) is 18.1 Å². The minimum Gasteiger partial charge on any atom is -0.544 e. The van der Waals surface area contributed by atoms with Crippen LogP contribution in [-0.2, 0) is 0 Å². The molecule has 3 nitrogen and oxygen atoms in total. The second-order valence-corrected chi connectivity index (χ2v) is 12.6. The fourth-order valence-electron chi connectivity index (χ4n) is 2.37. The molecule has 0 saturated heterocycles. The summed E-state index contributed by atoms with van der Waals surface area (Å²) in [5.74, 6) is 0.944. The zero-order chi connectivity index (χ0) is 18.1. The third-order valence-electron chi connectivity index (χ3n) is 4.93. The standard InChI is InChI=1S/C21H26N2OSi/c1-21(2,3)25(4,5)24-19-11-8-17(9-12-19)23-18-10-13-20-16(15-18)7-6-14-22-20/h6-15,23H,1-5H3. The maximum absolute atomic E-state index is 6.33. The molecule has 1 N–H and O–H groups in total. The smallest absolute Gasteiger partial charge is 0.250 e. The quantitative estimate of drug-likeness (QED) is 0.556. The fraction of sp³-hybridized carbons (Fsp3) is 0.286. The number of aromatic nitrogens is 1. The summed E-state index contributed by atoms with van der Waals surface area (Å²) in [5, 5.41) is 4.77. The molecular formula is C21H26N2OSi. The van der Waals surface area contributed by atoms with Crippen molar-refractivity contribution in [1.29, 1.82) is 0 Å². The van der Waals surface area contributed by atoms with Crippen molar-refractivity contribution in [2.75, 3.05) is 5.32 Å². The Morgan fingerprint density at radius 2 is 1.60 bits per heavy atom. The first-order valence-electron chi connectivity index (χ1n) is 8.65. The maximum Gasteiger partial charge on any atom is 0.250 e. The van der Waals surface area contributed by atoms with Crippen LogP contribution in [0.25, 0.3) is 10.9 Å². The molecule has 0 bridgehead atoms. The molecule has 0 aliphatic carbocycles. The molecule has 0 amide bonds. The SMILES string of the molecule is CC(C)(C)[Si](C)(C)Oc1ccc(Nc2ccc3ncccc3c2)cc1. The lowest BCUT2D eigenvalue weighted by Crippen LogP contribution is -2.43. The molecule has 0 spiro atoms. The monoisotopic (exact) mass is 350 g/mol. The van der Waals surface area contributed by atoms with Gasteiger partial charge < -0.3 is 9.74 Å². The zero-order valence-electron chi connectivity index (χ0n) is 15.6. The van der Waals surface area contributed by atoms with Crippen LogP contribution >= 0.6 is 0 Å². The van der Waals surface area contributed by atoms with Gasteiger partial charge in [0.15, 0.2) is 0 Å². The van der Waals surface area contributed by atoms with Gasteiger partial charge in [0.25, 0.3) is 0 Å². The van der Waals surface area contributed by atoms with Crippen LogP contribution < -0.4 is 9.74 Å². The summed E-state index contributed by atoms with van der Waals surface area (Å²) in [6.07, 6.45) is 1.82. The number of hydrogen-bond acceptors (Lipinski definition) is 3. The van der Waals surface area contributed by atoms with Gasteiger partial charge in [0.2, 0.25) is 8.32 Å². The lowest BCUT2D eigenvalue weighted by Gasteiger charge is -2.36. The Morgan fingerprint density at radius 3 is 2.28 bits per heavy atom. The predicted molar refractivity (Wildman–Crippen MR) is 109 cm³/mol.